The van der Waals surface area contributed by atoms with Gasteiger partial charge < -0.3 is 9.47 Å². The SMILES string of the molecule is CCCCC(Cl)C(OC)OC(C)=O. The zero-order valence-corrected chi connectivity index (χ0v) is 9.13. The van der Waals surface area contributed by atoms with E-state index in [0.29, 0.717) is 0 Å². The lowest BCUT2D eigenvalue weighted by atomic mass is 10.2. The number of carbonyl (C=O) groups is 1. The molecule has 0 saturated heterocycles. The van der Waals surface area contributed by atoms with Crippen molar-refractivity contribution in [1.29, 1.82) is 0 Å². The molecule has 3 nitrogen and oxygen atoms in total. The van der Waals surface area contributed by atoms with Crippen LogP contribution >= 0.6 is 11.6 Å². The molecule has 0 amide bonds. The summed E-state index contributed by atoms with van der Waals surface area (Å²) in [6.07, 6.45) is 2.25. The molecule has 78 valence electrons. The molecule has 0 aliphatic rings. The van der Waals surface area contributed by atoms with Gasteiger partial charge in [0.15, 0.2) is 0 Å². The first-order valence-corrected chi connectivity index (χ1v) is 4.89. The molecule has 0 aliphatic carbocycles. The van der Waals surface area contributed by atoms with Gasteiger partial charge in [-0.2, -0.15) is 0 Å². The molecule has 0 bridgehead atoms. The standard InChI is InChI=1S/C9H17ClO3/c1-4-5-6-8(10)9(12-3)13-7(2)11/h8-9H,4-6H2,1-3H3. The number of rotatable bonds is 6. The van der Waals surface area contributed by atoms with Crippen molar-refractivity contribution >= 4 is 17.6 Å². The number of alkyl halides is 1. The number of methoxy groups -OCH3 is 1. The molecule has 0 aromatic heterocycles. The molecule has 2 unspecified atom stereocenters. The molecule has 0 N–H and O–H groups in total. The summed E-state index contributed by atoms with van der Waals surface area (Å²) in [5, 5.41) is -0.256. The van der Waals surface area contributed by atoms with Crippen molar-refractivity contribution in [2.75, 3.05) is 7.11 Å². The molecule has 0 aliphatic heterocycles. The van der Waals surface area contributed by atoms with Crippen molar-refractivity contribution in [2.45, 2.75) is 44.8 Å². The van der Waals surface area contributed by atoms with E-state index >= 15 is 0 Å². The highest BCUT2D eigenvalue weighted by Crippen LogP contribution is 2.15. The van der Waals surface area contributed by atoms with Crippen molar-refractivity contribution in [2.24, 2.45) is 0 Å². The lowest BCUT2D eigenvalue weighted by Gasteiger charge is -2.19. The first-order valence-electron chi connectivity index (χ1n) is 4.45. The number of ether oxygens (including phenoxy) is 2. The molecule has 2 atom stereocenters. The molecule has 0 fully saturated rings. The van der Waals surface area contributed by atoms with Crippen LogP contribution in [0.25, 0.3) is 0 Å². The summed E-state index contributed by atoms with van der Waals surface area (Å²) in [5.41, 5.74) is 0. The summed E-state index contributed by atoms with van der Waals surface area (Å²) in [6.45, 7) is 3.42. The average molecular weight is 209 g/mol. The van der Waals surface area contributed by atoms with Gasteiger partial charge in [-0.25, -0.2) is 0 Å². The molecule has 4 heteroatoms. The smallest absolute Gasteiger partial charge is 0.304 e. The minimum Gasteiger partial charge on any atom is -0.434 e. The number of hydrogen-bond donors (Lipinski definition) is 0. The Labute approximate surface area is 84.4 Å². The van der Waals surface area contributed by atoms with Gasteiger partial charge in [-0.1, -0.05) is 19.8 Å². The summed E-state index contributed by atoms with van der Waals surface area (Å²) >= 11 is 5.97. The Hall–Kier alpha value is -0.280. The summed E-state index contributed by atoms with van der Waals surface area (Å²) in [5.74, 6) is -0.367. The Morgan fingerprint density at radius 1 is 1.54 bits per heavy atom. The quantitative estimate of drug-likeness (QED) is 0.382. The number of halogens is 1. The fraction of sp³-hybridized carbons (Fsp3) is 0.889. The molecule has 0 heterocycles. The highest BCUT2D eigenvalue weighted by atomic mass is 35.5. The summed E-state index contributed by atoms with van der Waals surface area (Å²) < 4.78 is 9.81. The van der Waals surface area contributed by atoms with Gasteiger partial charge in [-0.3, -0.25) is 4.79 Å². The topological polar surface area (TPSA) is 35.5 Å². The Morgan fingerprint density at radius 2 is 2.15 bits per heavy atom. The van der Waals surface area contributed by atoms with Gasteiger partial charge in [0.1, 0.15) is 0 Å². The molecule has 0 spiro atoms. The Morgan fingerprint density at radius 3 is 2.54 bits per heavy atom. The first-order chi connectivity index (χ1) is 6.11. The van der Waals surface area contributed by atoms with E-state index in [1.165, 1.54) is 14.0 Å². The van der Waals surface area contributed by atoms with E-state index in [2.05, 4.69) is 6.92 Å². The van der Waals surface area contributed by atoms with Gasteiger partial charge >= 0.3 is 5.97 Å². The van der Waals surface area contributed by atoms with Gasteiger partial charge in [0.05, 0.1) is 5.38 Å². The van der Waals surface area contributed by atoms with Gasteiger partial charge in [-0.15, -0.1) is 11.6 Å². The summed E-state index contributed by atoms with van der Waals surface area (Å²) in [7, 11) is 1.48. The van der Waals surface area contributed by atoms with Crippen molar-refractivity contribution in [3.63, 3.8) is 0 Å². The van der Waals surface area contributed by atoms with E-state index < -0.39 is 6.29 Å². The van der Waals surface area contributed by atoms with Gasteiger partial charge in [0, 0.05) is 14.0 Å². The largest absolute Gasteiger partial charge is 0.434 e. The zero-order valence-electron chi connectivity index (χ0n) is 8.38. The van der Waals surface area contributed by atoms with Gasteiger partial charge in [0.25, 0.3) is 0 Å². The fourth-order valence-electron chi connectivity index (χ4n) is 0.968. The second kappa shape index (κ2) is 7.15. The third kappa shape index (κ3) is 5.88. The second-order valence-corrected chi connectivity index (χ2v) is 3.43. The van der Waals surface area contributed by atoms with Crippen LogP contribution in [-0.4, -0.2) is 24.7 Å². The molecule has 0 radical (unpaired) electrons. The molecule has 0 aromatic rings. The minimum absolute atomic E-state index is 0.256. The molecule has 0 rings (SSSR count). The predicted octanol–water partition coefficient (Wildman–Crippen LogP) is 2.32. The Kier molecular flexibility index (Phi) is 7.00. The van der Waals surface area contributed by atoms with Crippen LogP contribution in [0.15, 0.2) is 0 Å². The predicted molar refractivity (Wildman–Crippen MR) is 51.7 cm³/mol. The zero-order chi connectivity index (χ0) is 10.3. The molecular formula is C9H17ClO3. The highest BCUT2D eigenvalue weighted by molar-refractivity contribution is 6.20. The van der Waals surface area contributed by atoms with E-state index in [-0.39, 0.29) is 11.3 Å². The van der Waals surface area contributed by atoms with E-state index in [0.717, 1.165) is 19.3 Å². The maximum atomic E-state index is 10.6. The third-order valence-electron chi connectivity index (χ3n) is 1.64. The van der Waals surface area contributed by atoms with Crippen molar-refractivity contribution in [3.05, 3.63) is 0 Å². The van der Waals surface area contributed by atoms with Crippen LogP contribution in [0.3, 0.4) is 0 Å². The number of carbonyl (C=O) groups excluding carboxylic acids is 1. The first kappa shape index (κ1) is 12.7. The fourth-order valence-corrected chi connectivity index (χ4v) is 1.28. The number of unbranched alkanes of at least 4 members (excludes halogenated alkanes) is 1. The number of esters is 1. The van der Waals surface area contributed by atoms with Gasteiger partial charge in [0.2, 0.25) is 6.29 Å². The van der Waals surface area contributed by atoms with Crippen LogP contribution in [0.2, 0.25) is 0 Å². The Bertz CT molecular complexity index is 150. The monoisotopic (exact) mass is 208 g/mol. The van der Waals surface area contributed by atoms with E-state index in [4.69, 9.17) is 21.1 Å². The lowest BCUT2D eigenvalue weighted by molar-refractivity contribution is -0.171. The van der Waals surface area contributed by atoms with E-state index in [9.17, 15) is 4.79 Å². The van der Waals surface area contributed by atoms with Crippen LogP contribution in [0.4, 0.5) is 0 Å². The van der Waals surface area contributed by atoms with Crippen molar-refractivity contribution in [3.8, 4) is 0 Å². The average Bonchev–Trinajstić information content (AvgIpc) is 2.09. The lowest BCUT2D eigenvalue weighted by Crippen LogP contribution is -2.28. The molecule has 0 saturated carbocycles. The number of hydrogen-bond acceptors (Lipinski definition) is 3. The van der Waals surface area contributed by atoms with E-state index in [1.807, 2.05) is 0 Å². The molecular weight excluding hydrogens is 192 g/mol. The van der Waals surface area contributed by atoms with Crippen LogP contribution in [0, 0.1) is 0 Å². The molecule has 0 aromatic carbocycles. The van der Waals surface area contributed by atoms with Crippen LogP contribution in [0.1, 0.15) is 33.1 Å². The third-order valence-corrected chi connectivity index (χ3v) is 2.07. The van der Waals surface area contributed by atoms with Crippen molar-refractivity contribution < 1.29 is 14.3 Å². The molecule has 13 heavy (non-hydrogen) atoms. The van der Waals surface area contributed by atoms with Crippen molar-refractivity contribution in [1.82, 2.24) is 0 Å². The van der Waals surface area contributed by atoms with Crippen LogP contribution < -0.4 is 0 Å². The van der Waals surface area contributed by atoms with Gasteiger partial charge in [-0.05, 0) is 6.42 Å². The second-order valence-electron chi connectivity index (χ2n) is 2.87. The normalized spacial score (nSPS) is 15.1. The van der Waals surface area contributed by atoms with Crippen LogP contribution in [-0.2, 0) is 14.3 Å². The summed E-state index contributed by atoms with van der Waals surface area (Å²) in [6, 6.07) is 0. The van der Waals surface area contributed by atoms with E-state index in [1.54, 1.807) is 0 Å². The maximum absolute atomic E-state index is 10.6. The minimum atomic E-state index is -0.620. The highest BCUT2D eigenvalue weighted by Gasteiger charge is 2.20. The Balaban J connectivity index is 3.84. The summed E-state index contributed by atoms with van der Waals surface area (Å²) in [4.78, 5) is 10.6. The maximum Gasteiger partial charge on any atom is 0.304 e. The van der Waals surface area contributed by atoms with Crippen LogP contribution in [0.5, 0.6) is 0 Å².